The minimum Gasteiger partial charge on any atom is -0.373 e. The van der Waals surface area contributed by atoms with E-state index in [4.69, 9.17) is 19.6 Å². The van der Waals surface area contributed by atoms with Crippen LogP contribution < -0.4 is 5.30 Å². The molecule has 0 amide bonds. The first-order valence-corrected chi connectivity index (χ1v) is 16.2. The maximum atomic E-state index is 15.5. The monoisotopic (exact) mass is 665 g/mol. The number of amidine groups is 1. The van der Waals surface area contributed by atoms with Crippen LogP contribution in [0.2, 0.25) is 0 Å². The summed E-state index contributed by atoms with van der Waals surface area (Å²) in [4.78, 5) is 16.2. The van der Waals surface area contributed by atoms with Crippen LogP contribution in [0.5, 0.6) is 0 Å². The average molecular weight is 666 g/mol. The standard InChI is InChI=1S/C30H30BrFN7O3P/c1-19-17-37(18-20(2)42-19)43(35-27-15-14-23(39(40)41)16-25(27)31)28-21(3)34-38(22-10-6-5-7-11-22)30(28)33-29(36(43)4)24-12-8-9-13-26(24)32/h5-16,19-20H,17-18H2,1-4H3/t19-,20+,43-/m1/s1. The number of halogens is 2. The van der Waals surface area contributed by atoms with Gasteiger partial charge in [0.25, 0.3) is 5.69 Å². The number of nitrogens with zero attached hydrogens (tertiary/aromatic N) is 7. The van der Waals surface area contributed by atoms with E-state index in [0.29, 0.717) is 40.5 Å². The summed E-state index contributed by atoms with van der Waals surface area (Å²) in [6, 6.07) is 20.8. The van der Waals surface area contributed by atoms with Crippen LogP contribution in [0, 0.1) is 22.9 Å². The van der Waals surface area contributed by atoms with Crippen molar-refractivity contribution in [2.24, 2.45) is 9.74 Å². The van der Waals surface area contributed by atoms with E-state index in [1.807, 2.05) is 62.8 Å². The number of aromatic nitrogens is 2. The maximum Gasteiger partial charge on any atom is 0.270 e. The van der Waals surface area contributed by atoms with Crippen molar-refractivity contribution in [1.29, 1.82) is 0 Å². The number of rotatable bonds is 5. The van der Waals surface area contributed by atoms with Gasteiger partial charge in [0.05, 0.1) is 49.5 Å². The third-order valence-electron chi connectivity index (χ3n) is 7.54. The molecular formula is C30H30BrFN7O3P. The SMILES string of the molecule is Cc1nn(-c2ccccc2)c2c1[P@](=Nc1ccc([N+](=O)[O-])cc1Br)(N1C[C@@H](C)O[C@@H](C)C1)N(C)C(c1ccccc1F)=N2. The number of hydrogen-bond acceptors (Lipinski definition) is 6. The smallest absolute Gasteiger partial charge is 0.270 e. The van der Waals surface area contributed by atoms with Crippen LogP contribution in [-0.4, -0.2) is 62.2 Å². The Bertz CT molecular complexity index is 1800. The fourth-order valence-corrected chi connectivity index (χ4v) is 10.4. The lowest BCUT2D eigenvalue weighted by Gasteiger charge is -2.48. The van der Waals surface area contributed by atoms with Crippen molar-refractivity contribution < 1.29 is 14.1 Å². The summed E-state index contributed by atoms with van der Waals surface area (Å²) < 4.78 is 33.8. The summed E-state index contributed by atoms with van der Waals surface area (Å²) in [5, 5.41) is 17.3. The van der Waals surface area contributed by atoms with Crippen LogP contribution in [0.3, 0.4) is 0 Å². The molecule has 222 valence electrons. The molecule has 2 aliphatic rings. The van der Waals surface area contributed by atoms with Gasteiger partial charge in [-0.3, -0.25) is 10.1 Å². The first kappa shape index (κ1) is 29.4. The molecule has 0 radical (unpaired) electrons. The highest BCUT2D eigenvalue weighted by Gasteiger charge is 2.47. The number of hydrogen-bond donors (Lipinski definition) is 0. The third-order valence-corrected chi connectivity index (χ3v) is 11.9. The lowest BCUT2D eigenvalue weighted by atomic mass is 10.2. The Hall–Kier alpha value is -3.70. The van der Waals surface area contributed by atoms with Crippen LogP contribution in [0.4, 0.5) is 21.6 Å². The molecule has 10 nitrogen and oxygen atoms in total. The van der Waals surface area contributed by atoms with E-state index >= 15 is 4.39 Å². The van der Waals surface area contributed by atoms with Gasteiger partial charge >= 0.3 is 0 Å². The second-order valence-electron chi connectivity index (χ2n) is 10.6. The van der Waals surface area contributed by atoms with Gasteiger partial charge in [-0.05, 0) is 67.0 Å². The fraction of sp³-hybridized carbons (Fsp3) is 0.267. The molecule has 3 heterocycles. The van der Waals surface area contributed by atoms with Crippen molar-refractivity contribution in [2.45, 2.75) is 33.0 Å². The molecule has 3 aromatic carbocycles. The Labute approximate surface area is 257 Å². The molecule has 0 saturated carbocycles. The third kappa shape index (κ3) is 5.12. The zero-order valence-electron chi connectivity index (χ0n) is 24.1. The molecule has 4 aromatic rings. The van der Waals surface area contributed by atoms with E-state index in [2.05, 4.69) is 20.6 Å². The van der Waals surface area contributed by atoms with Gasteiger partial charge in [-0.15, -0.1) is 0 Å². The first-order valence-electron chi connectivity index (χ1n) is 13.8. The van der Waals surface area contributed by atoms with Crippen LogP contribution in [0.15, 0.2) is 87.0 Å². The lowest BCUT2D eigenvalue weighted by molar-refractivity contribution is -0.384. The highest BCUT2D eigenvalue weighted by atomic mass is 79.9. The number of nitro groups is 1. The van der Waals surface area contributed by atoms with Gasteiger partial charge in [0.15, 0.2) is 13.2 Å². The summed E-state index contributed by atoms with van der Waals surface area (Å²) in [7, 11) is -1.16. The van der Waals surface area contributed by atoms with Crippen molar-refractivity contribution in [3.8, 4) is 5.69 Å². The summed E-state index contributed by atoms with van der Waals surface area (Å²) in [5.41, 5.74) is 2.37. The van der Waals surface area contributed by atoms with Crippen molar-refractivity contribution in [3.63, 3.8) is 0 Å². The van der Waals surface area contributed by atoms with E-state index in [0.717, 1.165) is 16.7 Å². The molecule has 13 heteroatoms. The fourth-order valence-electron chi connectivity index (χ4n) is 5.77. The lowest BCUT2D eigenvalue weighted by Crippen LogP contribution is -2.50. The Morgan fingerprint density at radius 2 is 1.74 bits per heavy atom. The molecule has 2 aliphatic heterocycles. The molecule has 43 heavy (non-hydrogen) atoms. The molecule has 1 fully saturated rings. The number of morpholine rings is 1. The Kier molecular flexibility index (Phi) is 7.80. The van der Waals surface area contributed by atoms with Crippen LogP contribution in [0.25, 0.3) is 5.69 Å². The molecule has 0 aliphatic carbocycles. The number of nitro benzene ring substituents is 1. The number of aliphatic imine (C=N–C) groups is 1. The van der Waals surface area contributed by atoms with Crippen molar-refractivity contribution in [1.82, 2.24) is 19.1 Å². The molecule has 1 saturated heterocycles. The van der Waals surface area contributed by atoms with Gasteiger partial charge in [-0.25, -0.2) is 23.5 Å². The predicted octanol–water partition coefficient (Wildman–Crippen LogP) is 7.11. The van der Waals surface area contributed by atoms with Crippen LogP contribution >= 0.6 is 23.3 Å². The largest absolute Gasteiger partial charge is 0.373 e. The number of benzene rings is 3. The summed E-state index contributed by atoms with van der Waals surface area (Å²) in [6.07, 6.45) is -0.207. The topological polar surface area (TPSA) is 101 Å². The number of ether oxygens (including phenoxy) is 1. The van der Waals surface area contributed by atoms with Gasteiger partial charge < -0.3 is 9.41 Å². The van der Waals surface area contributed by atoms with Gasteiger partial charge in [0.1, 0.15) is 11.7 Å². The van der Waals surface area contributed by atoms with Crippen LogP contribution in [0.1, 0.15) is 25.1 Å². The summed E-state index contributed by atoms with van der Waals surface area (Å²) >= 11 is 3.55. The molecule has 0 spiro atoms. The molecule has 0 N–H and O–H groups in total. The first-order chi connectivity index (χ1) is 20.6. The minimum absolute atomic E-state index is 0.0498. The zero-order chi connectivity index (χ0) is 30.5. The number of para-hydroxylation sites is 1. The van der Waals surface area contributed by atoms with Gasteiger partial charge in [-0.1, -0.05) is 30.3 Å². The molecule has 1 aromatic heterocycles. The predicted molar refractivity (Wildman–Crippen MR) is 170 cm³/mol. The van der Waals surface area contributed by atoms with Crippen molar-refractivity contribution in [2.75, 3.05) is 20.1 Å². The minimum atomic E-state index is -3.06. The molecular weight excluding hydrogens is 636 g/mol. The number of non-ortho nitro benzene ring substituents is 1. The van der Waals surface area contributed by atoms with E-state index in [1.54, 1.807) is 28.9 Å². The molecule has 6 rings (SSSR count). The van der Waals surface area contributed by atoms with Gasteiger partial charge in [0, 0.05) is 32.3 Å². The second-order valence-corrected chi connectivity index (χ2v) is 14.4. The van der Waals surface area contributed by atoms with E-state index in [1.165, 1.54) is 18.2 Å². The maximum absolute atomic E-state index is 15.5. The molecule has 3 atom stereocenters. The number of fused-ring (bicyclic) bond motifs is 1. The highest BCUT2D eigenvalue weighted by molar-refractivity contribution is 9.10. The van der Waals surface area contributed by atoms with Crippen molar-refractivity contribution >= 4 is 51.6 Å². The zero-order valence-corrected chi connectivity index (χ0v) is 26.5. The quantitative estimate of drug-likeness (QED) is 0.128. The van der Waals surface area contributed by atoms with Crippen LogP contribution in [-0.2, 0) is 4.74 Å². The van der Waals surface area contributed by atoms with E-state index < -0.39 is 18.1 Å². The summed E-state index contributed by atoms with van der Waals surface area (Å²) in [5.74, 6) is 0.587. The van der Waals surface area contributed by atoms with E-state index in [-0.39, 0.29) is 17.9 Å². The van der Waals surface area contributed by atoms with Gasteiger partial charge in [-0.2, -0.15) is 5.10 Å². The van der Waals surface area contributed by atoms with Gasteiger partial charge in [0.2, 0.25) is 0 Å². The van der Waals surface area contributed by atoms with E-state index in [9.17, 15) is 10.1 Å². The average Bonchev–Trinajstić information content (AvgIpc) is 3.31. The number of aryl methyl sites for hydroxylation is 1. The second kappa shape index (κ2) is 11.4. The normalized spacial score (nSPS) is 22.2. The summed E-state index contributed by atoms with van der Waals surface area (Å²) in [6.45, 7) is 7.10. The van der Waals surface area contributed by atoms with Crippen molar-refractivity contribution in [3.05, 3.63) is 104 Å². The Balaban J connectivity index is 1.73. The Morgan fingerprint density at radius 3 is 2.40 bits per heavy atom. The molecule has 0 bridgehead atoms. The highest BCUT2D eigenvalue weighted by Crippen LogP contribution is 2.63. The Morgan fingerprint density at radius 1 is 1.07 bits per heavy atom. The molecule has 0 unspecified atom stereocenters.